The molecule has 0 aliphatic heterocycles. The monoisotopic (exact) mass is 228 g/mol. The Balaban J connectivity index is 1.88. The summed E-state index contributed by atoms with van der Waals surface area (Å²) in [6.45, 7) is 0. The van der Waals surface area contributed by atoms with E-state index in [0.29, 0.717) is 11.3 Å². The summed E-state index contributed by atoms with van der Waals surface area (Å²) in [6, 6.07) is 4.26. The Morgan fingerprint density at radius 1 is 1.13 bits per heavy atom. The van der Waals surface area contributed by atoms with Gasteiger partial charge >= 0.3 is 0 Å². The van der Waals surface area contributed by atoms with Crippen molar-refractivity contribution in [2.24, 2.45) is 5.41 Å². The van der Waals surface area contributed by atoms with Crippen LogP contribution in [0.1, 0.15) is 24.8 Å². The number of hydrogen-bond acceptors (Lipinski definition) is 0. The Kier molecular flexibility index (Phi) is 1.75. The van der Waals surface area contributed by atoms with Gasteiger partial charge in [-0.15, -0.1) is 11.6 Å². The quantitative estimate of drug-likeness (QED) is 0.679. The topological polar surface area (TPSA) is 0 Å². The minimum atomic E-state index is -0.766. The molecule has 3 fully saturated rings. The fraction of sp³-hybridized carbons (Fsp3) is 0.500. The van der Waals surface area contributed by atoms with E-state index in [1.807, 2.05) is 0 Å². The van der Waals surface area contributed by atoms with Crippen LogP contribution in [0, 0.1) is 17.0 Å². The zero-order chi connectivity index (χ0) is 10.7. The lowest BCUT2D eigenvalue weighted by Gasteiger charge is -2.70. The van der Waals surface area contributed by atoms with Crippen molar-refractivity contribution in [2.45, 2.75) is 24.7 Å². The second-order valence-corrected chi connectivity index (χ2v) is 5.34. The molecular weight excluding hydrogens is 218 g/mol. The Bertz CT molecular complexity index is 408. The van der Waals surface area contributed by atoms with Crippen LogP contribution < -0.4 is 0 Å². The van der Waals surface area contributed by atoms with Crippen molar-refractivity contribution < 1.29 is 8.78 Å². The van der Waals surface area contributed by atoms with Crippen LogP contribution in [-0.4, -0.2) is 5.88 Å². The lowest BCUT2D eigenvalue weighted by Crippen LogP contribution is -2.65. The van der Waals surface area contributed by atoms with Gasteiger partial charge in [-0.3, -0.25) is 0 Å². The second kappa shape index (κ2) is 2.73. The highest BCUT2D eigenvalue weighted by Crippen LogP contribution is 2.73. The van der Waals surface area contributed by atoms with Gasteiger partial charge in [-0.05, 0) is 47.8 Å². The first kappa shape index (κ1) is 9.59. The Morgan fingerprint density at radius 3 is 2.33 bits per heavy atom. The normalized spacial score (nSPS) is 37.0. The van der Waals surface area contributed by atoms with Gasteiger partial charge < -0.3 is 0 Å². The molecule has 0 amide bonds. The van der Waals surface area contributed by atoms with Crippen LogP contribution in [0.25, 0.3) is 0 Å². The maximum absolute atomic E-state index is 13.1. The third-order valence-corrected chi connectivity index (χ3v) is 4.52. The van der Waals surface area contributed by atoms with Crippen LogP contribution in [-0.2, 0) is 5.41 Å². The summed E-state index contributed by atoms with van der Waals surface area (Å²) in [5.74, 6) is -0.812. The van der Waals surface area contributed by atoms with Crippen molar-refractivity contribution in [1.29, 1.82) is 0 Å². The van der Waals surface area contributed by atoms with E-state index >= 15 is 0 Å². The fourth-order valence-corrected chi connectivity index (χ4v) is 3.56. The number of alkyl halides is 1. The summed E-state index contributed by atoms with van der Waals surface area (Å²) < 4.78 is 25.8. The minimum absolute atomic E-state index is 0.115. The highest BCUT2D eigenvalue weighted by atomic mass is 35.5. The molecular formula is C12H11ClF2. The molecule has 0 radical (unpaired) electrons. The van der Waals surface area contributed by atoms with Crippen molar-refractivity contribution >= 4 is 11.6 Å². The van der Waals surface area contributed by atoms with Gasteiger partial charge in [-0.2, -0.15) is 0 Å². The molecule has 80 valence electrons. The van der Waals surface area contributed by atoms with Gasteiger partial charge in [0.1, 0.15) is 0 Å². The maximum Gasteiger partial charge on any atom is 0.159 e. The molecule has 1 aromatic carbocycles. The smallest absolute Gasteiger partial charge is 0.159 e. The van der Waals surface area contributed by atoms with Gasteiger partial charge in [-0.25, -0.2) is 8.78 Å². The van der Waals surface area contributed by atoms with E-state index in [9.17, 15) is 8.78 Å². The summed E-state index contributed by atoms with van der Waals surface area (Å²) in [7, 11) is 0. The zero-order valence-corrected chi connectivity index (χ0v) is 8.95. The Labute approximate surface area is 92.2 Å². The van der Waals surface area contributed by atoms with Gasteiger partial charge in [-0.1, -0.05) is 6.07 Å². The maximum atomic E-state index is 13.1. The molecule has 1 aromatic rings. The summed E-state index contributed by atoms with van der Waals surface area (Å²) in [4.78, 5) is 0. The Hall–Kier alpha value is -0.630. The molecule has 3 heteroatoms. The molecule has 0 unspecified atom stereocenters. The van der Waals surface area contributed by atoms with Gasteiger partial charge in [0.05, 0.1) is 0 Å². The molecule has 0 nitrogen and oxygen atoms in total. The fourth-order valence-electron chi connectivity index (χ4n) is 3.27. The average molecular weight is 229 g/mol. The molecule has 3 aliphatic rings. The molecule has 0 N–H and O–H groups in total. The van der Waals surface area contributed by atoms with E-state index in [4.69, 9.17) is 11.6 Å². The predicted molar refractivity (Wildman–Crippen MR) is 55.0 cm³/mol. The van der Waals surface area contributed by atoms with Crippen LogP contribution in [0.3, 0.4) is 0 Å². The van der Waals surface area contributed by atoms with Gasteiger partial charge in [0.15, 0.2) is 11.6 Å². The standard InChI is InChI=1S/C12H11ClF2/c13-7-11-4-12(5-11,6-11)8-1-2-9(14)10(15)3-8/h1-3H,4-7H2. The van der Waals surface area contributed by atoms with Gasteiger partial charge in [0.25, 0.3) is 0 Å². The molecule has 0 atom stereocenters. The van der Waals surface area contributed by atoms with E-state index in [0.717, 1.165) is 24.8 Å². The van der Waals surface area contributed by atoms with Crippen molar-refractivity contribution in [2.75, 3.05) is 5.88 Å². The average Bonchev–Trinajstić information content (AvgIpc) is 2.07. The lowest BCUT2D eigenvalue weighted by atomic mass is 9.34. The van der Waals surface area contributed by atoms with Crippen LogP contribution in [0.2, 0.25) is 0 Å². The summed E-state index contributed by atoms with van der Waals surface area (Å²) in [5.41, 5.74) is 1.36. The van der Waals surface area contributed by atoms with Crippen LogP contribution in [0.15, 0.2) is 18.2 Å². The number of halogens is 3. The highest BCUT2D eigenvalue weighted by molar-refractivity contribution is 6.18. The van der Waals surface area contributed by atoms with E-state index in [-0.39, 0.29) is 5.41 Å². The molecule has 0 heterocycles. The SMILES string of the molecule is Fc1ccc(C23CC(CCl)(C2)C3)cc1F. The van der Waals surface area contributed by atoms with Crippen molar-refractivity contribution in [1.82, 2.24) is 0 Å². The molecule has 3 aliphatic carbocycles. The molecule has 0 spiro atoms. The molecule has 3 saturated carbocycles. The summed E-state index contributed by atoms with van der Waals surface area (Å²) in [6.07, 6.45) is 3.11. The minimum Gasteiger partial charge on any atom is -0.204 e. The molecule has 15 heavy (non-hydrogen) atoms. The molecule has 0 saturated heterocycles. The van der Waals surface area contributed by atoms with Crippen LogP contribution in [0.4, 0.5) is 8.78 Å². The van der Waals surface area contributed by atoms with E-state index in [2.05, 4.69) is 0 Å². The van der Waals surface area contributed by atoms with Gasteiger partial charge in [0.2, 0.25) is 0 Å². The summed E-state index contributed by atoms with van der Waals surface area (Å²) >= 11 is 5.85. The van der Waals surface area contributed by atoms with Crippen LogP contribution >= 0.6 is 11.6 Å². The third-order valence-electron chi connectivity index (χ3n) is 3.96. The number of rotatable bonds is 2. The largest absolute Gasteiger partial charge is 0.204 e. The van der Waals surface area contributed by atoms with E-state index in [1.54, 1.807) is 6.07 Å². The highest BCUT2D eigenvalue weighted by Gasteiger charge is 2.67. The van der Waals surface area contributed by atoms with Crippen molar-refractivity contribution in [3.8, 4) is 0 Å². The van der Waals surface area contributed by atoms with E-state index in [1.165, 1.54) is 12.1 Å². The molecule has 0 aromatic heterocycles. The lowest BCUT2D eigenvalue weighted by molar-refractivity contribution is -0.122. The van der Waals surface area contributed by atoms with Crippen molar-refractivity contribution in [3.63, 3.8) is 0 Å². The summed E-state index contributed by atoms with van der Waals surface area (Å²) in [5, 5.41) is 0. The van der Waals surface area contributed by atoms with Gasteiger partial charge in [0, 0.05) is 5.88 Å². The second-order valence-electron chi connectivity index (χ2n) is 5.07. The Morgan fingerprint density at radius 2 is 1.80 bits per heavy atom. The first-order chi connectivity index (χ1) is 7.09. The molecule has 4 rings (SSSR count). The van der Waals surface area contributed by atoms with E-state index < -0.39 is 11.6 Å². The first-order valence-corrected chi connectivity index (χ1v) is 5.64. The molecule has 2 bridgehead atoms. The van der Waals surface area contributed by atoms with Crippen molar-refractivity contribution in [3.05, 3.63) is 35.4 Å². The number of hydrogen-bond donors (Lipinski definition) is 0. The first-order valence-electron chi connectivity index (χ1n) is 5.11. The zero-order valence-electron chi connectivity index (χ0n) is 8.19. The predicted octanol–water partition coefficient (Wildman–Crippen LogP) is 3.63. The number of benzene rings is 1. The van der Waals surface area contributed by atoms with Crippen LogP contribution in [0.5, 0.6) is 0 Å². The third kappa shape index (κ3) is 1.12.